The molecule has 5 nitrogen and oxygen atoms in total. The Labute approximate surface area is 127 Å². The fraction of sp³-hybridized carbons (Fsp3) is 0.333. The van der Waals surface area contributed by atoms with Gasteiger partial charge in [-0.3, -0.25) is 9.69 Å². The number of ketones is 1. The average Bonchev–Trinajstić information content (AvgIpc) is 3.03. The Balaban J connectivity index is 1.53. The minimum absolute atomic E-state index is 0.0951. The highest BCUT2D eigenvalue weighted by Crippen LogP contribution is 2.19. The number of carbonyl (C=O) groups is 1. The van der Waals surface area contributed by atoms with Crippen molar-refractivity contribution in [2.75, 3.05) is 37.6 Å². The first-order chi connectivity index (χ1) is 10.2. The van der Waals surface area contributed by atoms with E-state index in [-0.39, 0.29) is 11.5 Å². The van der Waals surface area contributed by atoms with Gasteiger partial charge in [-0.05, 0) is 24.3 Å². The lowest BCUT2D eigenvalue weighted by molar-refractivity contribution is 0.0926. The molecule has 1 aliphatic heterocycles. The van der Waals surface area contributed by atoms with Crippen molar-refractivity contribution < 1.29 is 9.90 Å². The molecule has 1 aromatic heterocycles. The maximum atomic E-state index is 12.2. The topological polar surface area (TPSA) is 56.7 Å². The van der Waals surface area contributed by atoms with Crippen molar-refractivity contribution in [3.8, 4) is 5.75 Å². The lowest BCUT2D eigenvalue weighted by atomic mass is 10.1. The van der Waals surface area contributed by atoms with Gasteiger partial charge in [-0.15, -0.1) is 11.3 Å². The third-order valence-electron chi connectivity index (χ3n) is 3.62. The Hall–Kier alpha value is -1.92. The van der Waals surface area contributed by atoms with E-state index >= 15 is 0 Å². The van der Waals surface area contributed by atoms with Gasteiger partial charge in [-0.25, -0.2) is 4.98 Å². The number of phenols is 1. The molecule has 1 aromatic carbocycles. The maximum absolute atomic E-state index is 12.2. The molecule has 0 unspecified atom stereocenters. The van der Waals surface area contributed by atoms with E-state index in [4.69, 9.17) is 0 Å². The van der Waals surface area contributed by atoms with Crippen LogP contribution >= 0.6 is 11.3 Å². The zero-order valence-corrected chi connectivity index (χ0v) is 12.4. The summed E-state index contributed by atoms with van der Waals surface area (Å²) in [5, 5.41) is 12.3. The van der Waals surface area contributed by atoms with Gasteiger partial charge < -0.3 is 10.0 Å². The van der Waals surface area contributed by atoms with Crippen LogP contribution in [0.15, 0.2) is 35.8 Å². The molecule has 21 heavy (non-hydrogen) atoms. The molecule has 0 radical (unpaired) electrons. The van der Waals surface area contributed by atoms with Crippen molar-refractivity contribution in [1.82, 2.24) is 9.88 Å². The van der Waals surface area contributed by atoms with Gasteiger partial charge in [0, 0.05) is 43.3 Å². The van der Waals surface area contributed by atoms with E-state index in [0.717, 1.165) is 31.3 Å². The highest BCUT2D eigenvalue weighted by atomic mass is 32.1. The van der Waals surface area contributed by atoms with Crippen LogP contribution < -0.4 is 4.90 Å². The number of nitrogens with zero attached hydrogens (tertiary/aromatic N) is 3. The summed E-state index contributed by atoms with van der Waals surface area (Å²) in [6.07, 6.45) is 1.82. The number of piperazine rings is 1. The van der Waals surface area contributed by atoms with Crippen molar-refractivity contribution in [2.24, 2.45) is 0 Å². The zero-order chi connectivity index (χ0) is 14.7. The number of anilines is 1. The second-order valence-electron chi connectivity index (χ2n) is 5.05. The van der Waals surface area contributed by atoms with E-state index in [1.165, 1.54) is 0 Å². The highest BCUT2D eigenvalue weighted by molar-refractivity contribution is 7.13. The molecular weight excluding hydrogens is 286 g/mol. The number of hydrogen-bond acceptors (Lipinski definition) is 6. The van der Waals surface area contributed by atoms with Crippen molar-refractivity contribution in [3.63, 3.8) is 0 Å². The van der Waals surface area contributed by atoms with Crippen LogP contribution in [0.2, 0.25) is 0 Å². The fourth-order valence-corrected chi connectivity index (χ4v) is 3.11. The van der Waals surface area contributed by atoms with Gasteiger partial charge in [0.25, 0.3) is 0 Å². The molecule has 2 heterocycles. The van der Waals surface area contributed by atoms with Crippen molar-refractivity contribution >= 4 is 22.3 Å². The molecule has 3 rings (SSSR count). The van der Waals surface area contributed by atoms with E-state index in [1.54, 1.807) is 35.6 Å². The molecular formula is C15H17N3O2S. The summed E-state index contributed by atoms with van der Waals surface area (Å²) in [5.41, 5.74) is 0.648. The fourth-order valence-electron chi connectivity index (χ4n) is 2.41. The number of thiazole rings is 1. The third-order valence-corrected chi connectivity index (χ3v) is 4.45. The maximum Gasteiger partial charge on any atom is 0.185 e. The van der Waals surface area contributed by atoms with Gasteiger partial charge in [0.05, 0.1) is 6.54 Å². The van der Waals surface area contributed by atoms with Gasteiger partial charge in [0.15, 0.2) is 10.9 Å². The summed E-state index contributed by atoms with van der Waals surface area (Å²) < 4.78 is 0. The average molecular weight is 303 g/mol. The standard InChI is InChI=1S/C15H17N3O2S/c19-13-3-1-12(2-4-13)14(20)11-17-6-8-18(9-7-17)15-16-5-10-21-15/h1-5,10,19H,6-9,11H2. The molecule has 0 atom stereocenters. The normalized spacial score (nSPS) is 16.1. The molecule has 1 fully saturated rings. The van der Waals surface area contributed by atoms with E-state index < -0.39 is 0 Å². The monoisotopic (exact) mass is 303 g/mol. The van der Waals surface area contributed by atoms with Crippen molar-refractivity contribution in [2.45, 2.75) is 0 Å². The number of Topliss-reactive ketones (excluding diaryl/α,β-unsaturated/α-hetero) is 1. The van der Waals surface area contributed by atoms with Crippen molar-refractivity contribution in [3.05, 3.63) is 41.4 Å². The number of hydrogen-bond donors (Lipinski definition) is 1. The Bertz CT molecular complexity index is 590. The molecule has 6 heteroatoms. The van der Waals surface area contributed by atoms with E-state index in [0.29, 0.717) is 12.1 Å². The number of aromatic nitrogens is 1. The molecule has 1 saturated heterocycles. The minimum atomic E-state index is 0.0951. The van der Waals surface area contributed by atoms with Crippen LogP contribution in [0, 0.1) is 0 Å². The number of carbonyl (C=O) groups excluding carboxylic acids is 1. The number of rotatable bonds is 4. The minimum Gasteiger partial charge on any atom is -0.508 e. The van der Waals surface area contributed by atoms with Crippen LogP contribution in [0.4, 0.5) is 5.13 Å². The second-order valence-corrected chi connectivity index (χ2v) is 5.92. The largest absolute Gasteiger partial charge is 0.508 e. The van der Waals surface area contributed by atoms with E-state index in [9.17, 15) is 9.90 Å². The van der Waals surface area contributed by atoms with Gasteiger partial charge >= 0.3 is 0 Å². The predicted octanol–water partition coefficient (Wildman–Crippen LogP) is 1.85. The smallest absolute Gasteiger partial charge is 0.185 e. The van der Waals surface area contributed by atoms with Crippen molar-refractivity contribution in [1.29, 1.82) is 0 Å². The van der Waals surface area contributed by atoms with Gasteiger partial charge in [-0.2, -0.15) is 0 Å². The summed E-state index contributed by atoms with van der Waals surface area (Å²) in [7, 11) is 0. The Morgan fingerprint density at radius 3 is 2.52 bits per heavy atom. The molecule has 0 amide bonds. The van der Waals surface area contributed by atoms with Crippen LogP contribution in [0.5, 0.6) is 5.75 Å². The van der Waals surface area contributed by atoms with Crippen LogP contribution in [-0.4, -0.2) is 53.5 Å². The number of phenolic OH excluding ortho intramolecular Hbond substituents is 1. The van der Waals surface area contributed by atoms with Crippen LogP contribution in [0.25, 0.3) is 0 Å². The summed E-state index contributed by atoms with van der Waals surface area (Å²) in [6.45, 7) is 3.95. The summed E-state index contributed by atoms with van der Waals surface area (Å²) >= 11 is 1.65. The zero-order valence-electron chi connectivity index (χ0n) is 11.6. The van der Waals surface area contributed by atoms with Crippen LogP contribution in [0.1, 0.15) is 10.4 Å². The lowest BCUT2D eigenvalue weighted by Gasteiger charge is -2.34. The lowest BCUT2D eigenvalue weighted by Crippen LogP contribution is -2.48. The molecule has 0 spiro atoms. The molecule has 1 N–H and O–H groups in total. The van der Waals surface area contributed by atoms with Gasteiger partial charge in [0.2, 0.25) is 0 Å². The third kappa shape index (κ3) is 3.40. The molecule has 110 valence electrons. The highest BCUT2D eigenvalue weighted by Gasteiger charge is 2.20. The number of benzene rings is 1. The second kappa shape index (κ2) is 6.24. The van der Waals surface area contributed by atoms with Gasteiger partial charge in [-0.1, -0.05) is 0 Å². The Morgan fingerprint density at radius 2 is 1.90 bits per heavy atom. The van der Waals surface area contributed by atoms with E-state index in [2.05, 4.69) is 14.8 Å². The summed E-state index contributed by atoms with van der Waals surface area (Å²) in [6, 6.07) is 6.44. The van der Waals surface area contributed by atoms with Crippen LogP contribution in [0.3, 0.4) is 0 Å². The molecule has 0 bridgehead atoms. The Kier molecular flexibility index (Phi) is 4.17. The van der Waals surface area contributed by atoms with E-state index in [1.807, 2.05) is 11.6 Å². The first kappa shape index (κ1) is 14.0. The summed E-state index contributed by atoms with van der Waals surface area (Å²) in [4.78, 5) is 20.9. The first-order valence-electron chi connectivity index (χ1n) is 6.91. The SMILES string of the molecule is O=C(CN1CCN(c2nccs2)CC1)c1ccc(O)cc1. The van der Waals surface area contributed by atoms with Gasteiger partial charge in [0.1, 0.15) is 5.75 Å². The molecule has 0 saturated carbocycles. The quantitative estimate of drug-likeness (QED) is 0.874. The van der Waals surface area contributed by atoms with Crippen LogP contribution in [-0.2, 0) is 0 Å². The molecule has 0 aliphatic carbocycles. The first-order valence-corrected chi connectivity index (χ1v) is 7.79. The molecule has 1 aliphatic rings. The molecule has 2 aromatic rings. The Morgan fingerprint density at radius 1 is 1.19 bits per heavy atom. The summed E-state index contributed by atoms with van der Waals surface area (Å²) in [5.74, 6) is 0.279. The number of aromatic hydroxyl groups is 1. The predicted molar refractivity (Wildman–Crippen MR) is 83.2 cm³/mol.